The molecule has 2 fully saturated rings. The van der Waals surface area contributed by atoms with E-state index in [1.165, 1.54) is 0 Å². The van der Waals surface area contributed by atoms with Gasteiger partial charge in [-0.25, -0.2) is 8.42 Å². The van der Waals surface area contributed by atoms with Gasteiger partial charge in [-0.2, -0.15) is 5.26 Å². The van der Waals surface area contributed by atoms with Crippen molar-refractivity contribution in [2.45, 2.75) is 51.6 Å². The molecule has 22 heavy (non-hydrogen) atoms. The summed E-state index contributed by atoms with van der Waals surface area (Å²) in [5.41, 5.74) is 0. The molecule has 1 heterocycles. The van der Waals surface area contributed by atoms with Gasteiger partial charge in [0, 0.05) is 18.6 Å². The van der Waals surface area contributed by atoms with Crippen LogP contribution in [0.4, 0.5) is 0 Å². The lowest BCUT2D eigenvalue weighted by atomic mass is 10.1. The summed E-state index contributed by atoms with van der Waals surface area (Å²) < 4.78 is 23.0. The van der Waals surface area contributed by atoms with E-state index in [4.69, 9.17) is 0 Å². The Morgan fingerprint density at radius 1 is 1.36 bits per heavy atom. The molecule has 2 N–H and O–H groups in total. The number of nitrogens with zero attached hydrogens (tertiary/aromatic N) is 2. The Balaban J connectivity index is 1.96. The van der Waals surface area contributed by atoms with E-state index in [9.17, 15) is 13.7 Å². The van der Waals surface area contributed by atoms with Gasteiger partial charge in [0.25, 0.3) is 0 Å². The lowest BCUT2D eigenvalue weighted by molar-refractivity contribution is 0.522. The van der Waals surface area contributed by atoms with Gasteiger partial charge in [-0.1, -0.05) is 0 Å². The van der Waals surface area contributed by atoms with Crippen LogP contribution < -0.4 is 10.6 Å². The van der Waals surface area contributed by atoms with Gasteiger partial charge in [-0.3, -0.25) is 4.99 Å². The summed E-state index contributed by atoms with van der Waals surface area (Å²) in [6, 6.07) is 2.73. The van der Waals surface area contributed by atoms with Crippen LogP contribution in [0.1, 0.15) is 39.5 Å². The quantitative estimate of drug-likeness (QED) is 0.595. The minimum absolute atomic E-state index is 0.0334. The molecule has 124 valence electrons. The minimum Gasteiger partial charge on any atom is -0.354 e. The van der Waals surface area contributed by atoms with Crippen molar-refractivity contribution in [1.82, 2.24) is 10.6 Å². The summed E-state index contributed by atoms with van der Waals surface area (Å²) >= 11 is 0. The summed E-state index contributed by atoms with van der Waals surface area (Å²) in [4.78, 5) is 4.56. The van der Waals surface area contributed by atoms with Crippen LogP contribution in [-0.4, -0.2) is 44.5 Å². The van der Waals surface area contributed by atoms with Crippen LogP contribution in [0, 0.1) is 23.2 Å². The third-order valence-corrected chi connectivity index (χ3v) is 6.10. The molecule has 6 nitrogen and oxygen atoms in total. The first-order chi connectivity index (χ1) is 10.4. The summed E-state index contributed by atoms with van der Waals surface area (Å²) in [6.07, 6.45) is 3.68. The molecule has 0 aromatic heterocycles. The highest BCUT2D eigenvalue weighted by atomic mass is 32.2. The van der Waals surface area contributed by atoms with Crippen molar-refractivity contribution < 1.29 is 8.42 Å². The Morgan fingerprint density at radius 3 is 2.73 bits per heavy atom. The summed E-state index contributed by atoms with van der Waals surface area (Å²) in [6.45, 7) is 4.59. The number of aliphatic imine (C=N–C) groups is 1. The fourth-order valence-electron chi connectivity index (χ4n) is 3.11. The number of rotatable bonds is 4. The topological polar surface area (TPSA) is 94.3 Å². The molecule has 0 aromatic carbocycles. The van der Waals surface area contributed by atoms with Crippen molar-refractivity contribution in [1.29, 1.82) is 5.26 Å². The molecular formula is C15H26N4O2S. The fourth-order valence-corrected chi connectivity index (χ4v) is 4.96. The Hall–Kier alpha value is -1.29. The first kappa shape index (κ1) is 17.1. The Labute approximate surface area is 133 Å². The van der Waals surface area contributed by atoms with E-state index in [1.807, 2.05) is 13.8 Å². The predicted octanol–water partition coefficient (Wildman–Crippen LogP) is 1.06. The predicted molar refractivity (Wildman–Crippen MR) is 87.2 cm³/mol. The van der Waals surface area contributed by atoms with Crippen molar-refractivity contribution in [3.8, 4) is 6.07 Å². The lowest BCUT2D eigenvalue weighted by Crippen LogP contribution is -2.47. The number of guanidine groups is 1. The zero-order chi connectivity index (χ0) is 16.2. The van der Waals surface area contributed by atoms with Crippen LogP contribution in [0.5, 0.6) is 0 Å². The lowest BCUT2D eigenvalue weighted by Gasteiger charge is -2.21. The van der Waals surface area contributed by atoms with Crippen molar-refractivity contribution in [2.75, 3.05) is 18.1 Å². The molecule has 3 unspecified atom stereocenters. The molecule has 2 rings (SSSR count). The molecule has 1 saturated heterocycles. The number of nitriles is 1. The molecule has 1 aliphatic heterocycles. The maximum atomic E-state index is 11.5. The molecule has 1 saturated carbocycles. The van der Waals surface area contributed by atoms with E-state index in [1.54, 1.807) is 0 Å². The molecule has 0 bridgehead atoms. The van der Waals surface area contributed by atoms with Crippen LogP contribution in [0.25, 0.3) is 0 Å². The second-order valence-electron chi connectivity index (χ2n) is 6.67. The molecule has 0 radical (unpaired) electrons. The van der Waals surface area contributed by atoms with Crippen LogP contribution in [-0.2, 0) is 9.84 Å². The standard InChI is InChI=1S/C15H26N4O2S/c1-11(2)18-15(19-14-5-3-4-13(14)8-16)17-9-12-6-7-22(20,21)10-12/h11-14H,3-7,9-10H2,1-2H3,(H2,17,18,19). The third-order valence-electron chi connectivity index (χ3n) is 4.26. The number of hydrogen-bond donors (Lipinski definition) is 2. The Kier molecular flexibility index (Phi) is 5.68. The van der Waals surface area contributed by atoms with Gasteiger partial charge in [0.1, 0.15) is 0 Å². The summed E-state index contributed by atoms with van der Waals surface area (Å²) in [5.74, 6) is 1.38. The number of nitrogens with one attached hydrogen (secondary N) is 2. The summed E-state index contributed by atoms with van der Waals surface area (Å²) in [5, 5.41) is 15.8. The fraction of sp³-hybridized carbons (Fsp3) is 0.867. The Bertz CT molecular complexity index is 550. The molecular weight excluding hydrogens is 300 g/mol. The monoisotopic (exact) mass is 326 g/mol. The second kappa shape index (κ2) is 7.32. The molecule has 1 aliphatic carbocycles. The molecule has 7 heteroatoms. The van der Waals surface area contributed by atoms with Gasteiger partial charge < -0.3 is 10.6 Å². The first-order valence-corrected chi connectivity index (χ1v) is 9.89. The van der Waals surface area contributed by atoms with Crippen molar-refractivity contribution in [3.63, 3.8) is 0 Å². The van der Waals surface area contributed by atoms with Crippen LogP contribution in [0.2, 0.25) is 0 Å². The van der Waals surface area contributed by atoms with Gasteiger partial charge >= 0.3 is 0 Å². The largest absolute Gasteiger partial charge is 0.354 e. The highest BCUT2D eigenvalue weighted by Crippen LogP contribution is 2.24. The normalized spacial score (nSPS) is 31.2. The molecule has 0 amide bonds. The first-order valence-electron chi connectivity index (χ1n) is 8.07. The zero-order valence-electron chi connectivity index (χ0n) is 13.4. The van der Waals surface area contributed by atoms with Crippen LogP contribution >= 0.6 is 0 Å². The average Bonchev–Trinajstić information content (AvgIpc) is 3.01. The molecule has 0 spiro atoms. The van der Waals surface area contributed by atoms with E-state index < -0.39 is 9.84 Å². The maximum Gasteiger partial charge on any atom is 0.191 e. The van der Waals surface area contributed by atoms with E-state index in [0.29, 0.717) is 18.9 Å². The van der Waals surface area contributed by atoms with Crippen molar-refractivity contribution in [2.24, 2.45) is 16.8 Å². The number of sulfone groups is 1. The van der Waals surface area contributed by atoms with Gasteiger partial charge in [0.05, 0.1) is 23.5 Å². The highest BCUT2D eigenvalue weighted by molar-refractivity contribution is 7.91. The molecule has 2 aliphatic rings. The van der Waals surface area contributed by atoms with Crippen LogP contribution in [0.3, 0.4) is 0 Å². The van der Waals surface area contributed by atoms with Gasteiger partial charge in [-0.05, 0) is 45.4 Å². The van der Waals surface area contributed by atoms with E-state index in [0.717, 1.165) is 19.3 Å². The minimum atomic E-state index is -2.85. The molecule has 3 atom stereocenters. The third kappa shape index (κ3) is 4.87. The number of hydrogen-bond acceptors (Lipinski definition) is 4. The van der Waals surface area contributed by atoms with Gasteiger partial charge in [-0.15, -0.1) is 0 Å². The second-order valence-corrected chi connectivity index (χ2v) is 8.90. The van der Waals surface area contributed by atoms with E-state index >= 15 is 0 Å². The van der Waals surface area contributed by atoms with Gasteiger partial charge in [0.15, 0.2) is 15.8 Å². The Morgan fingerprint density at radius 2 is 2.14 bits per heavy atom. The SMILES string of the molecule is CC(C)NC(=NCC1CCS(=O)(=O)C1)NC1CCCC1C#N. The van der Waals surface area contributed by atoms with E-state index in [2.05, 4.69) is 21.7 Å². The zero-order valence-corrected chi connectivity index (χ0v) is 14.2. The van der Waals surface area contributed by atoms with Crippen molar-refractivity contribution >= 4 is 15.8 Å². The van der Waals surface area contributed by atoms with Crippen LogP contribution in [0.15, 0.2) is 4.99 Å². The van der Waals surface area contributed by atoms with Crippen molar-refractivity contribution in [3.05, 3.63) is 0 Å². The van der Waals surface area contributed by atoms with Gasteiger partial charge in [0.2, 0.25) is 0 Å². The average molecular weight is 326 g/mol. The molecule has 0 aromatic rings. The van der Waals surface area contributed by atoms with E-state index in [-0.39, 0.29) is 35.4 Å². The summed E-state index contributed by atoms with van der Waals surface area (Å²) in [7, 11) is -2.85. The highest BCUT2D eigenvalue weighted by Gasteiger charge is 2.29. The smallest absolute Gasteiger partial charge is 0.191 e. The maximum absolute atomic E-state index is 11.5.